The van der Waals surface area contributed by atoms with Gasteiger partial charge in [0.25, 0.3) is 5.91 Å². The van der Waals surface area contributed by atoms with Gasteiger partial charge in [0, 0.05) is 30.1 Å². The maximum absolute atomic E-state index is 14.8. The van der Waals surface area contributed by atoms with Gasteiger partial charge in [-0.05, 0) is 54.4 Å². The van der Waals surface area contributed by atoms with E-state index in [1.54, 1.807) is 43.3 Å². The first-order valence-corrected chi connectivity index (χ1v) is 11.0. The highest BCUT2D eigenvalue weighted by Crippen LogP contribution is 2.24. The van der Waals surface area contributed by atoms with Crippen LogP contribution in [0.1, 0.15) is 40.0 Å². The van der Waals surface area contributed by atoms with Crippen molar-refractivity contribution in [3.05, 3.63) is 107 Å². The fraction of sp³-hybridized carbons (Fsp3) is 0.111. The fourth-order valence-corrected chi connectivity index (χ4v) is 3.60. The van der Waals surface area contributed by atoms with Gasteiger partial charge >= 0.3 is 0 Å². The minimum absolute atomic E-state index is 0.160. The van der Waals surface area contributed by atoms with E-state index in [-0.39, 0.29) is 29.3 Å². The Hall–Kier alpha value is -4.84. The van der Waals surface area contributed by atoms with Crippen LogP contribution >= 0.6 is 0 Å². The van der Waals surface area contributed by atoms with Crippen molar-refractivity contribution in [1.29, 1.82) is 5.26 Å². The molecule has 0 aliphatic carbocycles. The molecule has 0 aliphatic rings. The number of hydrogen-bond acceptors (Lipinski definition) is 6. The van der Waals surface area contributed by atoms with Gasteiger partial charge in [0.1, 0.15) is 29.3 Å². The fourth-order valence-electron chi connectivity index (χ4n) is 3.60. The van der Waals surface area contributed by atoms with Crippen molar-refractivity contribution in [3.63, 3.8) is 0 Å². The normalized spacial score (nSPS) is 11.4. The zero-order chi connectivity index (χ0) is 25.7. The predicted octanol–water partition coefficient (Wildman–Crippen LogP) is 4.98. The number of carbonyl (C=O) groups is 1. The molecule has 0 fully saturated rings. The van der Waals surface area contributed by atoms with Crippen molar-refractivity contribution in [2.75, 3.05) is 11.1 Å². The van der Waals surface area contributed by atoms with Crippen molar-refractivity contribution >= 4 is 17.5 Å². The number of pyridine rings is 2. The number of nitrogens with two attached hydrogens (primary N) is 1. The average molecular weight is 485 g/mol. The van der Waals surface area contributed by atoms with E-state index in [0.717, 1.165) is 5.56 Å². The van der Waals surface area contributed by atoms with Crippen LogP contribution in [-0.4, -0.2) is 15.9 Å². The number of rotatable bonds is 7. The zero-order valence-electron chi connectivity index (χ0n) is 19.3. The van der Waals surface area contributed by atoms with Crippen LogP contribution < -0.4 is 16.4 Å². The van der Waals surface area contributed by atoms with Crippen LogP contribution in [0, 0.1) is 23.0 Å². The van der Waals surface area contributed by atoms with Crippen molar-refractivity contribution in [2.45, 2.75) is 19.5 Å². The maximum Gasteiger partial charge on any atom is 0.255 e. The van der Waals surface area contributed by atoms with Crippen LogP contribution in [0.5, 0.6) is 0 Å². The third-order valence-corrected chi connectivity index (χ3v) is 5.57. The molecule has 4 rings (SSSR count). The Labute approximate surface area is 206 Å². The number of anilines is 2. The first kappa shape index (κ1) is 24.3. The highest BCUT2D eigenvalue weighted by Gasteiger charge is 2.17. The van der Waals surface area contributed by atoms with Gasteiger partial charge in [0.15, 0.2) is 0 Å². The molecule has 7 nitrogen and oxygen atoms in total. The molecule has 2 aromatic heterocycles. The quantitative estimate of drug-likeness (QED) is 0.341. The van der Waals surface area contributed by atoms with Gasteiger partial charge in [-0.25, -0.2) is 18.7 Å². The topological polar surface area (TPSA) is 117 Å². The van der Waals surface area contributed by atoms with Crippen LogP contribution in [0.15, 0.2) is 73.1 Å². The first-order chi connectivity index (χ1) is 17.3. The van der Waals surface area contributed by atoms with Crippen molar-refractivity contribution in [2.24, 2.45) is 0 Å². The summed E-state index contributed by atoms with van der Waals surface area (Å²) in [5.41, 5.74) is 8.30. The van der Waals surface area contributed by atoms with E-state index < -0.39 is 17.8 Å². The van der Waals surface area contributed by atoms with E-state index in [9.17, 15) is 18.8 Å². The second-order valence-corrected chi connectivity index (χ2v) is 8.12. The Morgan fingerprint density at radius 2 is 1.83 bits per heavy atom. The molecule has 36 heavy (non-hydrogen) atoms. The molecular formula is C27H22F2N6O. The second kappa shape index (κ2) is 10.6. The molecule has 0 aliphatic heterocycles. The highest BCUT2D eigenvalue weighted by atomic mass is 19.1. The number of benzene rings is 2. The predicted molar refractivity (Wildman–Crippen MR) is 133 cm³/mol. The monoisotopic (exact) mass is 484 g/mol. The van der Waals surface area contributed by atoms with Gasteiger partial charge in [-0.15, -0.1) is 0 Å². The molecule has 180 valence electrons. The lowest BCUT2D eigenvalue weighted by Crippen LogP contribution is -2.28. The maximum atomic E-state index is 14.8. The van der Waals surface area contributed by atoms with E-state index in [4.69, 9.17) is 5.73 Å². The van der Waals surface area contributed by atoms with Gasteiger partial charge < -0.3 is 16.4 Å². The molecule has 0 bridgehead atoms. The minimum atomic E-state index is -0.462. The summed E-state index contributed by atoms with van der Waals surface area (Å²) in [6.45, 7) is 1.95. The van der Waals surface area contributed by atoms with E-state index in [1.165, 1.54) is 36.7 Å². The molecule has 2 heterocycles. The first-order valence-electron chi connectivity index (χ1n) is 11.0. The van der Waals surface area contributed by atoms with Gasteiger partial charge in [-0.3, -0.25) is 4.79 Å². The number of amides is 1. The number of halogens is 2. The van der Waals surface area contributed by atoms with Crippen molar-refractivity contribution in [3.8, 4) is 17.2 Å². The number of hydrogen-bond donors (Lipinski definition) is 3. The lowest BCUT2D eigenvalue weighted by Gasteiger charge is -2.17. The number of carbonyl (C=O) groups excluding carboxylic acids is 1. The molecule has 1 atom stereocenters. The minimum Gasteiger partial charge on any atom is -0.384 e. The molecule has 2 aromatic carbocycles. The van der Waals surface area contributed by atoms with Crippen molar-refractivity contribution < 1.29 is 13.6 Å². The van der Waals surface area contributed by atoms with Crippen LogP contribution in [0.25, 0.3) is 11.1 Å². The Morgan fingerprint density at radius 1 is 1.06 bits per heavy atom. The lowest BCUT2D eigenvalue weighted by atomic mass is 10.0. The van der Waals surface area contributed by atoms with E-state index in [1.807, 2.05) is 6.07 Å². The van der Waals surface area contributed by atoms with E-state index in [2.05, 4.69) is 20.6 Å². The summed E-state index contributed by atoms with van der Waals surface area (Å²) in [5.74, 6) is -0.674. The second-order valence-electron chi connectivity index (χ2n) is 8.12. The zero-order valence-corrected chi connectivity index (χ0v) is 19.3. The molecule has 4 aromatic rings. The summed E-state index contributed by atoms with van der Waals surface area (Å²) in [7, 11) is 0. The summed E-state index contributed by atoms with van der Waals surface area (Å²) in [4.78, 5) is 21.2. The Balaban J connectivity index is 1.51. The number of nitrogen functional groups attached to an aromatic ring is 1. The molecule has 9 heteroatoms. The van der Waals surface area contributed by atoms with Gasteiger partial charge in [-0.2, -0.15) is 5.26 Å². The Morgan fingerprint density at radius 3 is 2.50 bits per heavy atom. The summed E-state index contributed by atoms with van der Waals surface area (Å²) >= 11 is 0. The molecule has 4 N–H and O–H groups in total. The smallest absolute Gasteiger partial charge is 0.255 e. The van der Waals surface area contributed by atoms with Crippen LogP contribution in [-0.2, 0) is 6.54 Å². The summed E-state index contributed by atoms with van der Waals surface area (Å²) < 4.78 is 28.0. The Kier molecular flexibility index (Phi) is 7.16. The molecule has 0 spiro atoms. The van der Waals surface area contributed by atoms with Gasteiger partial charge in [0.2, 0.25) is 0 Å². The summed E-state index contributed by atoms with van der Waals surface area (Å²) in [6.07, 6.45) is 2.85. The van der Waals surface area contributed by atoms with E-state index in [0.29, 0.717) is 22.5 Å². The Bertz CT molecular complexity index is 1430. The molecule has 0 radical (unpaired) electrons. The van der Waals surface area contributed by atoms with Crippen LogP contribution in [0.3, 0.4) is 0 Å². The summed E-state index contributed by atoms with van der Waals surface area (Å²) in [5, 5.41) is 15.1. The highest BCUT2D eigenvalue weighted by molar-refractivity contribution is 5.99. The standard InChI is InChI=1S/C27H22F2N6O/c1-16(19-3-6-21(28)7-4-19)35-27(36)23-10-18(12-30)14-34-26(23)33-13-17-2-8-22(24(29)11-17)20-5-9-25(31)32-15-20/h2-11,14-16H,13H2,1H3,(H2,31,32)(H,33,34)(H,35,36). The molecule has 0 saturated carbocycles. The van der Waals surface area contributed by atoms with E-state index >= 15 is 0 Å². The molecular weight excluding hydrogens is 462 g/mol. The number of nitrogens with zero attached hydrogens (tertiary/aromatic N) is 3. The molecule has 1 amide bonds. The number of nitrogens with one attached hydrogen (secondary N) is 2. The average Bonchev–Trinajstić information content (AvgIpc) is 2.88. The van der Waals surface area contributed by atoms with Crippen molar-refractivity contribution in [1.82, 2.24) is 15.3 Å². The summed E-state index contributed by atoms with van der Waals surface area (Å²) in [6, 6.07) is 16.9. The van der Waals surface area contributed by atoms with Gasteiger partial charge in [-0.1, -0.05) is 24.3 Å². The number of aromatic nitrogens is 2. The van der Waals surface area contributed by atoms with Gasteiger partial charge in [0.05, 0.1) is 17.2 Å². The SMILES string of the molecule is CC(NC(=O)c1cc(C#N)cnc1NCc1ccc(-c2ccc(N)nc2)c(F)c1)c1ccc(F)cc1. The third kappa shape index (κ3) is 5.62. The lowest BCUT2D eigenvalue weighted by molar-refractivity contribution is 0.0940. The van der Waals surface area contributed by atoms with Crippen LogP contribution in [0.4, 0.5) is 20.4 Å². The third-order valence-electron chi connectivity index (χ3n) is 5.57. The number of nitriles is 1. The molecule has 1 unspecified atom stereocenters. The van der Waals surface area contributed by atoms with Crippen LogP contribution in [0.2, 0.25) is 0 Å². The molecule has 0 saturated heterocycles. The largest absolute Gasteiger partial charge is 0.384 e.